The molecule has 0 saturated heterocycles. The Morgan fingerprint density at radius 2 is 1.73 bits per heavy atom. The van der Waals surface area contributed by atoms with Crippen molar-refractivity contribution >= 4 is 0 Å². The molecule has 0 atom stereocenters. The van der Waals surface area contributed by atoms with Gasteiger partial charge in [-0.15, -0.1) is 0 Å². The number of allylic oxidation sites excluding steroid dienone is 4. The Balaban J connectivity index is 4.49. The van der Waals surface area contributed by atoms with E-state index in [1.807, 2.05) is 0 Å². The van der Waals surface area contributed by atoms with Crippen molar-refractivity contribution in [2.24, 2.45) is 11.6 Å². The molecule has 5 N–H and O–H groups in total. The molecule has 0 heterocycles. The summed E-state index contributed by atoms with van der Waals surface area (Å²) in [5.41, 5.74) is 9.15. The monoisotopic (exact) mass is 151 g/mol. The van der Waals surface area contributed by atoms with Gasteiger partial charge in [-0.2, -0.15) is 0 Å². The molecule has 3 heteroatoms. The van der Waals surface area contributed by atoms with Gasteiger partial charge in [0.15, 0.2) is 0 Å². The second kappa shape index (κ2) is 5.32. The second-order valence-corrected chi connectivity index (χ2v) is 1.82. The lowest BCUT2D eigenvalue weighted by molar-refractivity contribution is 0.890. The zero-order valence-corrected chi connectivity index (χ0v) is 6.38. The van der Waals surface area contributed by atoms with Gasteiger partial charge in [0.1, 0.15) is 0 Å². The third-order valence-corrected chi connectivity index (χ3v) is 1.05. The molecule has 0 aromatic rings. The van der Waals surface area contributed by atoms with Crippen molar-refractivity contribution < 1.29 is 0 Å². The quantitative estimate of drug-likeness (QED) is 0.312. The average Bonchev–Trinajstić information content (AvgIpc) is 2.00. The number of hydrazine groups is 1. The van der Waals surface area contributed by atoms with E-state index < -0.39 is 0 Å². The van der Waals surface area contributed by atoms with E-state index in [9.17, 15) is 0 Å². The SMILES string of the molecule is C=C/C=C(N)\C(=C/C=C)NN. The van der Waals surface area contributed by atoms with Crippen molar-refractivity contribution in [2.75, 3.05) is 0 Å². The van der Waals surface area contributed by atoms with Gasteiger partial charge in [-0.3, -0.25) is 5.84 Å². The fourth-order valence-electron chi connectivity index (χ4n) is 0.562. The van der Waals surface area contributed by atoms with E-state index in [1.165, 1.54) is 0 Å². The average molecular weight is 151 g/mol. The van der Waals surface area contributed by atoms with Gasteiger partial charge in [0, 0.05) is 0 Å². The Bertz CT molecular complexity index is 201. The van der Waals surface area contributed by atoms with Gasteiger partial charge in [-0.25, -0.2) is 0 Å². The minimum absolute atomic E-state index is 0.530. The molecule has 0 spiro atoms. The molecule has 0 aliphatic carbocycles. The third-order valence-electron chi connectivity index (χ3n) is 1.05. The van der Waals surface area contributed by atoms with Crippen molar-refractivity contribution in [2.45, 2.75) is 0 Å². The number of nitrogens with two attached hydrogens (primary N) is 2. The van der Waals surface area contributed by atoms with Crippen LogP contribution in [-0.2, 0) is 0 Å². The van der Waals surface area contributed by atoms with E-state index in [1.54, 1.807) is 24.3 Å². The fourth-order valence-corrected chi connectivity index (χ4v) is 0.562. The van der Waals surface area contributed by atoms with Crippen molar-refractivity contribution in [1.29, 1.82) is 0 Å². The van der Waals surface area contributed by atoms with E-state index in [-0.39, 0.29) is 0 Å². The maximum Gasteiger partial charge on any atom is 0.0715 e. The van der Waals surface area contributed by atoms with E-state index in [2.05, 4.69) is 18.6 Å². The molecule has 0 aromatic carbocycles. The van der Waals surface area contributed by atoms with Crippen molar-refractivity contribution in [3.05, 3.63) is 48.9 Å². The molecule has 0 aliphatic heterocycles. The van der Waals surface area contributed by atoms with Crippen LogP contribution in [0.3, 0.4) is 0 Å². The molecule has 0 fully saturated rings. The van der Waals surface area contributed by atoms with Crippen LogP contribution in [0.2, 0.25) is 0 Å². The first kappa shape index (κ1) is 9.52. The molecule has 60 valence electrons. The van der Waals surface area contributed by atoms with Crippen LogP contribution in [0.1, 0.15) is 0 Å². The van der Waals surface area contributed by atoms with Crippen molar-refractivity contribution in [3.63, 3.8) is 0 Å². The molecule has 0 unspecified atom stereocenters. The summed E-state index contributed by atoms with van der Waals surface area (Å²) in [5.74, 6) is 5.17. The zero-order valence-electron chi connectivity index (χ0n) is 6.38. The maximum absolute atomic E-state index is 5.56. The fraction of sp³-hybridized carbons (Fsp3) is 0. The van der Waals surface area contributed by atoms with Crippen molar-refractivity contribution in [3.8, 4) is 0 Å². The Morgan fingerprint density at radius 3 is 2.09 bits per heavy atom. The first-order chi connectivity index (χ1) is 5.26. The van der Waals surface area contributed by atoms with E-state index in [4.69, 9.17) is 11.6 Å². The highest BCUT2D eigenvalue weighted by atomic mass is 15.2. The number of nitrogens with one attached hydrogen (secondary N) is 1. The summed E-state index contributed by atoms with van der Waals surface area (Å²) in [5, 5.41) is 0. The van der Waals surface area contributed by atoms with Crippen LogP contribution in [0.4, 0.5) is 0 Å². The summed E-state index contributed by atoms with van der Waals surface area (Å²) in [6.07, 6.45) is 6.51. The number of hydrogen-bond donors (Lipinski definition) is 3. The van der Waals surface area contributed by atoms with Crippen LogP contribution in [-0.4, -0.2) is 0 Å². The number of hydrogen-bond acceptors (Lipinski definition) is 3. The summed E-state index contributed by atoms with van der Waals surface area (Å²) in [7, 11) is 0. The van der Waals surface area contributed by atoms with E-state index in [0.717, 1.165) is 0 Å². The summed E-state index contributed by atoms with van der Waals surface area (Å²) < 4.78 is 0. The van der Waals surface area contributed by atoms with Gasteiger partial charge in [-0.05, 0) is 12.2 Å². The molecule has 0 amide bonds. The summed E-state index contributed by atoms with van der Waals surface area (Å²) in [4.78, 5) is 0. The Hall–Kier alpha value is -1.48. The minimum atomic E-state index is 0.530. The van der Waals surface area contributed by atoms with Crippen LogP contribution in [0.5, 0.6) is 0 Å². The molecular weight excluding hydrogens is 138 g/mol. The first-order valence-corrected chi connectivity index (χ1v) is 3.14. The molecule has 0 saturated carbocycles. The van der Waals surface area contributed by atoms with Crippen LogP contribution in [0.15, 0.2) is 48.9 Å². The van der Waals surface area contributed by atoms with Crippen LogP contribution < -0.4 is 17.0 Å². The van der Waals surface area contributed by atoms with Crippen molar-refractivity contribution in [1.82, 2.24) is 5.43 Å². The highest BCUT2D eigenvalue weighted by Gasteiger charge is 1.93. The Labute approximate surface area is 66.7 Å². The van der Waals surface area contributed by atoms with Gasteiger partial charge in [0.25, 0.3) is 0 Å². The predicted molar refractivity (Wildman–Crippen MR) is 48.1 cm³/mol. The molecule has 0 radical (unpaired) electrons. The standard InChI is InChI=1S/C8H13N3/c1-3-5-7(9)8(11-10)6-4-2/h3-6,11H,1-2,9-10H2/b7-5+,8-6+. The van der Waals surface area contributed by atoms with Gasteiger partial charge in [-0.1, -0.05) is 25.3 Å². The second-order valence-electron chi connectivity index (χ2n) is 1.82. The molecule has 3 nitrogen and oxygen atoms in total. The largest absolute Gasteiger partial charge is 0.397 e. The molecule has 0 bridgehead atoms. The van der Waals surface area contributed by atoms with Crippen LogP contribution in [0, 0.1) is 0 Å². The lowest BCUT2D eigenvalue weighted by Crippen LogP contribution is -2.24. The minimum Gasteiger partial charge on any atom is -0.397 e. The molecule has 0 aromatic heterocycles. The maximum atomic E-state index is 5.56. The highest BCUT2D eigenvalue weighted by Crippen LogP contribution is 1.97. The third kappa shape index (κ3) is 3.27. The normalized spacial score (nSPS) is 12.5. The molecular formula is C8H13N3. The summed E-state index contributed by atoms with van der Waals surface area (Å²) >= 11 is 0. The Kier molecular flexibility index (Phi) is 4.60. The molecule has 0 rings (SSSR count). The van der Waals surface area contributed by atoms with Gasteiger partial charge >= 0.3 is 0 Å². The molecule has 11 heavy (non-hydrogen) atoms. The first-order valence-electron chi connectivity index (χ1n) is 3.14. The van der Waals surface area contributed by atoms with E-state index >= 15 is 0 Å². The van der Waals surface area contributed by atoms with E-state index in [0.29, 0.717) is 11.4 Å². The summed E-state index contributed by atoms with van der Waals surface area (Å²) in [6, 6.07) is 0. The predicted octanol–water partition coefficient (Wildman–Crippen LogP) is 0.548. The lowest BCUT2D eigenvalue weighted by Gasteiger charge is -2.03. The van der Waals surface area contributed by atoms with Gasteiger partial charge < -0.3 is 11.2 Å². The van der Waals surface area contributed by atoms with Gasteiger partial charge in [0.2, 0.25) is 0 Å². The zero-order chi connectivity index (χ0) is 8.69. The smallest absolute Gasteiger partial charge is 0.0715 e. The Morgan fingerprint density at radius 1 is 1.18 bits per heavy atom. The summed E-state index contributed by atoms with van der Waals surface area (Å²) in [6.45, 7) is 7.01. The lowest BCUT2D eigenvalue weighted by atomic mass is 10.3. The number of rotatable bonds is 4. The van der Waals surface area contributed by atoms with Crippen LogP contribution >= 0.6 is 0 Å². The van der Waals surface area contributed by atoms with Crippen LogP contribution in [0.25, 0.3) is 0 Å². The highest BCUT2D eigenvalue weighted by molar-refractivity contribution is 5.31. The molecule has 0 aliphatic rings. The van der Waals surface area contributed by atoms with Gasteiger partial charge in [0.05, 0.1) is 11.4 Å². The topological polar surface area (TPSA) is 64.1 Å².